The van der Waals surface area contributed by atoms with E-state index in [0.29, 0.717) is 5.56 Å². The van der Waals surface area contributed by atoms with E-state index in [-0.39, 0.29) is 11.6 Å². The summed E-state index contributed by atoms with van der Waals surface area (Å²) < 4.78 is 27.6. The van der Waals surface area contributed by atoms with Crippen LogP contribution >= 0.6 is 0 Å². The summed E-state index contributed by atoms with van der Waals surface area (Å²) in [6.45, 7) is 2.14. The van der Waals surface area contributed by atoms with Crippen LogP contribution in [0.5, 0.6) is 0 Å². The maximum Gasteiger partial charge on any atom is 0.130 e. The molecule has 3 rings (SSSR count). The van der Waals surface area contributed by atoms with Crippen LogP contribution < -0.4 is 0 Å². The third-order valence-electron chi connectivity index (χ3n) is 4.30. The first-order chi connectivity index (χ1) is 10.7. The highest BCUT2D eigenvalue weighted by Gasteiger charge is 2.15. The molecule has 0 radical (unpaired) electrons. The van der Waals surface area contributed by atoms with Crippen molar-refractivity contribution in [3.05, 3.63) is 70.3 Å². The fraction of sp³-hybridized carbons (Fsp3) is 0.300. The van der Waals surface area contributed by atoms with Crippen LogP contribution in [0.25, 0.3) is 11.6 Å². The molecule has 0 nitrogen and oxygen atoms in total. The lowest BCUT2D eigenvalue weighted by Gasteiger charge is -2.17. The number of hydrogen-bond acceptors (Lipinski definition) is 0. The highest BCUT2D eigenvalue weighted by Crippen LogP contribution is 2.32. The molecule has 0 aliphatic heterocycles. The van der Waals surface area contributed by atoms with E-state index in [2.05, 4.69) is 6.92 Å². The standard InChI is InChI=1S/C20H20F2/c1-2-3-4-14-5-10-19(20(22)11-14)17-7-6-16-13-18(21)9-8-15(16)12-17/h5,8-13H,2-4,6-7H2,1H3. The van der Waals surface area contributed by atoms with Crippen molar-refractivity contribution in [2.24, 2.45) is 0 Å². The van der Waals surface area contributed by atoms with Crippen LogP contribution in [0.4, 0.5) is 8.78 Å². The van der Waals surface area contributed by atoms with Gasteiger partial charge in [-0.05, 0) is 66.1 Å². The van der Waals surface area contributed by atoms with E-state index < -0.39 is 0 Å². The van der Waals surface area contributed by atoms with E-state index in [1.54, 1.807) is 18.2 Å². The summed E-state index contributed by atoms with van der Waals surface area (Å²) in [5.74, 6) is -0.354. The first kappa shape index (κ1) is 15.0. The molecule has 0 saturated heterocycles. The quantitative estimate of drug-likeness (QED) is 0.669. The zero-order chi connectivity index (χ0) is 15.5. The van der Waals surface area contributed by atoms with Crippen LogP contribution in [0.3, 0.4) is 0 Å². The topological polar surface area (TPSA) is 0 Å². The number of allylic oxidation sites excluding steroid dienone is 1. The smallest absolute Gasteiger partial charge is 0.130 e. The molecule has 0 fully saturated rings. The number of hydrogen-bond donors (Lipinski definition) is 0. The van der Waals surface area contributed by atoms with Crippen LogP contribution in [-0.2, 0) is 12.8 Å². The van der Waals surface area contributed by atoms with Gasteiger partial charge in [-0.1, -0.05) is 37.6 Å². The van der Waals surface area contributed by atoms with Crippen molar-refractivity contribution in [1.29, 1.82) is 0 Å². The summed E-state index contributed by atoms with van der Waals surface area (Å²) in [5.41, 5.74) is 4.73. The zero-order valence-electron chi connectivity index (χ0n) is 12.8. The molecular weight excluding hydrogens is 278 g/mol. The summed E-state index contributed by atoms with van der Waals surface area (Å²) in [4.78, 5) is 0. The van der Waals surface area contributed by atoms with Gasteiger partial charge in [-0.15, -0.1) is 0 Å². The van der Waals surface area contributed by atoms with Gasteiger partial charge in [0, 0.05) is 5.56 Å². The van der Waals surface area contributed by atoms with Crippen molar-refractivity contribution in [3.63, 3.8) is 0 Å². The van der Waals surface area contributed by atoms with Gasteiger partial charge in [-0.3, -0.25) is 0 Å². The van der Waals surface area contributed by atoms with Crippen molar-refractivity contribution >= 4 is 11.6 Å². The molecule has 0 unspecified atom stereocenters. The molecule has 114 valence electrons. The van der Waals surface area contributed by atoms with Crippen molar-refractivity contribution in [2.75, 3.05) is 0 Å². The van der Waals surface area contributed by atoms with E-state index in [1.807, 2.05) is 18.2 Å². The van der Waals surface area contributed by atoms with Crippen molar-refractivity contribution in [3.8, 4) is 0 Å². The van der Waals surface area contributed by atoms with Gasteiger partial charge in [0.25, 0.3) is 0 Å². The minimum atomic E-state index is -0.206. The SMILES string of the molecule is CCCCc1ccc(C2=Cc3ccc(F)cc3CC2)c(F)c1. The summed E-state index contributed by atoms with van der Waals surface area (Å²) in [5, 5.41) is 0. The normalized spacial score (nSPS) is 13.7. The van der Waals surface area contributed by atoms with Crippen molar-refractivity contribution in [1.82, 2.24) is 0 Å². The molecule has 0 heterocycles. The summed E-state index contributed by atoms with van der Waals surface area (Å²) in [6.07, 6.45) is 6.62. The van der Waals surface area contributed by atoms with E-state index in [4.69, 9.17) is 0 Å². The van der Waals surface area contributed by atoms with Gasteiger partial charge < -0.3 is 0 Å². The number of benzene rings is 2. The second-order valence-electron chi connectivity index (χ2n) is 5.93. The molecule has 0 spiro atoms. The Hall–Kier alpha value is -1.96. The van der Waals surface area contributed by atoms with Gasteiger partial charge in [0.2, 0.25) is 0 Å². The zero-order valence-corrected chi connectivity index (χ0v) is 12.8. The molecule has 1 aliphatic rings. The summed E-state index contributed by atoms with van der Waals surface area (Å²) in [6, 6.07) is 10.4. The van der Waals surface area contributed by atoms with Gasteiger partial charge in [0.1, 0.15) is 11.6 Å². The predicted molar refractivity (Wildman–Crippen MR) is 87.6 cm³/mol. The van der Waals surface area contributed by atoms with Gasteiger partial charge in [-0.2, -0.15) is 0 Å². The molecule has 0 aromatic heterocycles. The van der Waals surface area contributed by atoms with Crippen LogP contribution in [0.1, 0.15) is 48.4 Å². The number of rotatable bonds is 4. The van der Waals surface area contributed by atoms with Gasteiger partial charge in [0.05, 0.1) is 0 Å². The molecular formula is C20H20F2. The van der Waals surface area contributed by atoms with E-state index in [0.717, 1.165) is 54.4 Å². The second-order valence-corrected chi connectivity index (χ2v) is 5.93. The van der Waals surface area contributed by atoms with Crippen LogP contribution in [0.2, 0.25) is 0 Å². The first-order valence-corrected chi connectivity index (χ1v) is 7.95. The maximum atomic E-state index is 14.4. The highest BCUT2D eigenvalue weighted by molar-refractivity contribution is 5.84. The lowest BCUT2D eigenvalue weighted by Crippen LogP contribution is -2.01. The second kappa shape index (κ2) is 6.43. The largest absolute Gasteiger partial charge is 0.207 e. The monoisotopic (exact) mass is 298 g/mol. The minimum Gasteiger partial charge on any atom is -0.207 e. The molecule has 2 heteroatoms. The van der Waals surface area contributed by atoms with E-state index in [9.17, 15) is 8.78 Å². The Morgan fingerprint density at radius 1 is 1.00 bits per heavy atom. The lowest BCUT2D eigenvalue weighted by molar-refractivity contribution is 0.618. The molecule has 2 aromatic carbocycles. The molecule has 1 aliphatic carbocycles. The van der Waals surface area contributed by atoms with Crippen molar-refractivity contribution < 1.29 is 8.78 Å². The van der Waals surface area contributed by atoms with Crippen LogP contribution in [0.15, 0.2) is 36.4 Å². The number of unbranched alkanes of at least 4 members (excludes halogenated alkanes) is 1. The molecule has 0 bridgehead atoms. The Bertz CT molecular complexity index is 714. The van der Waals surface area contributed by atoms with Gasteiger partial charge in [0.15, 0.2) is 0 Å². The fourth-order valence-electron chi connectivity index (χ4n) is 3.03. The number of fused-ring (bicyclic) bond motifs is 1. The van der Waals surface area contributed by atoms with Gasteiger partial charge >= 0.3 is 0 Å². The Balaban J connectivity index is 1.90. The average molecular weight is 298 g/mol. The summed E-state index contributed by atoms with van der Waals surface area (Å²) >= 11 is 0. The number of aryl methyl sites for hydroxylation is 2. The van der Waals surface area contributed by atoms with E-state index in [1.165, 1.54) is 6.07 Å². The lowest BCUT2D eigenvalue weighted by atomic mass is 9.88. The van der Waals surface area contributed by atoms with E-state index >= 15 is 0 Å². The fourth-order valence-corrected chi connectivity index (χ4v) is 3.03. The van der Waals surface area contributed by atoms with Crippen molar-refractivity contribution in [2.45, 2.75) is 39.0 Å². The molecule has 2 aromatic rings. The molecule has 0 saturated carbocycles. The Labute approximate surface area is 130 Å². The predicted octanol–water partition coefficient (Wildman–Crippen LogP) is 5.79. The average Bonchev–Trinajstić information content (AvgIpc) is 2.52. The molecule has 0 amide bonds. The molecule has 22 heavy (non-hydrogen) atoms. The summed E-state index contributed by atoms with van der Waals surface area (Å²) in [7, 11) is 0. The molecule has 0 N–H and O–H groups in total. The third-order valence-corrected chi connectivity index (χ3v) is 4.30. The van der Waals surface area contributed by atoms with Gasteiger partial charge in [-0.25, -0.2) is 8.78 Å². The molecule has 0 atom stereocenters. The third kappa shape index (κ3) is 3.11. The Morgan fingerprint density at radius 3 is 2.64 bits per heavy atom. The Morgan fingerprint density at radius 2 is 1.86 bits per heavy atom. The van der Waals surface area contributed by atoms with Crippen LogP contribution in [-0.4, -0.2) is 0 Å². The van der Waals surface area contributed by atoms with Crippen LogP contribution in [0, 0.1) is 11.6 Å². The minimum absolute atomic E-state index is 0.148. The number of halogens is 2. The first-order valence-electron chi connectivity index (χ1n) is 7.95. The highest BCUT2D eigenvalue weighted by atomic mass is 19.1. The maximum absolute atomic E-state index is 14.4. The Kier molecular flexibility index (Phi) is 4.37.